The van der Waals surface area contributed by atoms with E-state index in [4.69, 9.17) is 23.7 Å². The Morgan fingerprint density at radius 1 is 0.846 bits per heavy atom. The molecule has 0 radical (unpaired) electrons. The lowest BCUT2D eigenvalue weighted by Crippen LogP contribution is -2.61. The number of fused-ring (bicyclic) bond motifs is 3. The Kier molecular flexibility index (Phi) is 21.0. The summed E-state index contributed by atoms with van der Waals surface area (Å²) in [5.41, 5.74) is 1.27. The van der Waals surface area contributed by atoms with E-state index in [1.165, 1.54) is 12.0 Å². The van der Waals surface area contributed by atoms with Crippen LogP contribution in [-0.4, -0.2) is 132 Å². The SMILES string of the molecule is COC1C[C@@H]2CC[C@@H](C)[C@@](O)(O2)C(=O)C(=O)N2CCCC[C@H]2C(=O)O[C@H]([C@H](C)C[C@@H]2CC[C@@H](O)[C@H](OC)C2)CC(=O)C(C)/C=C(\C)[C@@H](O)[C@@H](OC)C(=O)[C@H](C)C[C@H](C)/C=C/C=C/C=C/1C. The molecule has 0 aromatic carbocycles. The first-order chi connectivity index (χ1) is 30.7. The van der Waals surface area contributed by atoms with Gasteiger partial charge in [-0.05, 0) is 107 Å². The zero-order chi connectivity index (χ0) is 48.2. The summed E-state index contributed by atoms with van der Waals surface area (Å²) < 4.78 is 29.4. The van der Waals surface area contributed by atoms with Crippen LogP contribution in [0.2, 0.25) is 0 Å². The molecular weight excluding hydrogens is 835 g/mol. The fourth-order valence-electron chi connectivity index (χ4n) is 10.1. The summed E-state index contributed by atoms with van der Waals surface area (Å²) in [6.07, 6.45) is 11.2. The largest absolute Gasteiger partial charge is 0.460 e. The van der Waals surface area contributed by atoms with Crippen molar-refractivity contribution in [2.45, 2.75) is 180 Å². The van der Waals surface area contributed by atoms with Crippen LogP contribution in [-0.2, 0) is 47.7 Å². The first-order valence-electron chi connectivity index (χ1n) is 23.9. The third kappa shape index (κ3) is 14.3. The smallest absolute Gasteiger partial charge is 0.329 e. The lowest BCUT2D eigenvalue weighted by molar-refractivity contribution is -0.265. The van der Waals surface area contributed by atoms with Crippen molar-refractivity contribution in [1.82, 2.24) is 4.90 Å². The van der Waals surface area contributed by atoms with Gasteiger partial charge in [0, 0.05) is 58.5 Å². The van der Waals surface area contributed by atoms with Gasteiger partial charge in [-0.3, -0.25) is 19.2 Å². The molecule has 2 saturated heterocycles. The van der Waals surface area contributed by atoms with Gasteiger partial charge in [0.05, 0.1) is 24.4 Å². The van der Waals surface area contributed by atoms with Crippen LogP contribution in [0.3, 0.4) is 0 Å². The van der Waals surface area contributed by atoms with Gasteiger partial charge >= 0.3 is 5.97 Å². The van der Waals surface area contributed by atoms with E-state index in [1.807, 2.05) is 58.1 Å². The van der Waals surface area contributed by atoms with Crippen molar-refractivity contribution >= 4 is 29.2 Å². The number of Topliss-reactive ketones (excluding diaryl/α,β-unsaturated/α-hetero) is 3. The second kappa shape index (κ2) is 25.1. The Hall–Kier alpha value is -3.37. The number of ether oxygens (including phenoxy) is 5. The predicted octanol–water partition coefficient (Wildman–Crippen LogP) is 6.18. The molecule has 1 aliphatic carbocycles. The Bertz CT molecular complexity index is 1760. The molecule has 0 spiro atoms. The number of nitrogens with zero attached hydrogens (tertiary/aromatic N) is 1. The highest BCUT2D eigenvalue weighted by Crippen LogP contribution is 2.38. The van der Waals surface area contributed by atoms with Gasteiger partial charge in [0.2, 0.25) is 5.79 Å². The van der Waals surface area contributed by atoms with E-state index in [1.54, 1.807) is 41.1 Å². The fraction of sp³-hybridized carbons (Fsp3) is 0.745. The van der Waals surface area contributed by atoms with Crippen LogP contribution in [0.5, 0.6) is 0 Å². The van der Waals surface area contributed by atoms with Crippen molar-refractivity contribution in [3.8, 4) is 0 Å². The van der Waals surface area contributed by atoms with Crippen molar-refractivity contribution in [2.75, 3.05) is 27.9 Å². The molecular formula is C51H79NO13. The van der Waals surface area contributed by atoms with Crippen molar-refractivity contribution in [1.29, 1.82) is 0 Å². The number of aliphatic hydroxyl groups is 3. The van der Waals surface area contributed by atoms with Crippen LogP contribution < -0.4 is 0 Å². The lowest BCUT2D eigenvalue weighted by Gasteiger charge is -2.42. The summed E-state index contributed by atoms with van der Waals surface area (Å²) in [4.78, 5) is 71.8. The first kappa shape index (κ1) is 54.2. The highest BCUT2D eigenvalue weighted by atomic mass is 16.6. The summed E-state index contributed by atoms with van der Waals surface area (Å²) in [6.45, 7) is 12.7. The zero-order valence-electron chi connectivity index (χ0n) is 40.6. The number of amides is 1. The van der Waals surface area contributed by atoms with E-state index in [-0.39, 0.29) is 54.8 Å². The molecule has 4 rings (SSSR count). The number of allylic oxidation sites excluding steroid dienone is 6. The quantitative estimate of drug-likeness (QED) is 0.156. The highest BCUT2D eigenvalue weighted by molar-refractivity contribution is 6.39. The van der Waals surface area contributed by atoms with Gasteiger partial charge in [0.15, 0.2) is 5.78 Å². The van der Waals surface area contributed by atoms with Crippen LogP contribution in [0.25, 0.3) is 0 Å². The van der Waals surface area contributed by atoms with Gasteiger partial charge in [-0.1, -0.05) is 71.1 Å². The number of methoxy groups -OCH3 is 3. The number of rotatable bonds is 6. The number of carbonyl (C=O) groups is 5. The molecule has 4 aliphatic rings. The number of carbonyl (C=O) groups excluding carboxylic acids is 5. The average Bonchev–Trinajstić information content (AvgIpc) is 3.28. The molecule has 14 nitrogen and oxygen atoms in total. The van der Waals surface area contributed by atoms with E-state index in [9.17, 15) is 39.3 Å². The standard InChI is InChI=1S/C51H79NO13/c1-30-16-12-11-13-17-31(2)42(61-8)28-38-21-19-36(7)51(60,65-38)48(57)49(58)52-23-15-14-18-39(52)50(59)64-43(33(4)26-37-20-22-40(53)44(27-37)62-9)29-41(54)32(3)25-35(6)46(56)47(63-10)45(55)34(5)24-30/h11-13,16-17,25,30,32-34,36-40,42-44,46-47,53,56,60H,14-15,18-24,26-29H2,1-10H3/b13-11+,16-12+,31-17+,35-25+/t30-,32?,33-,34-,36-,37+,38+,39+,40-,42?,43+,44-,46-,47+,51-/m1/s1. The number of aliphatic hydroxyl groups excluding tert-OH is 2. The molecule has 65 heavy (non-hydrogen) atoms. The topological polar surface area (TPSA) is 195 Å². The molecule has 14 heteroatoms. The number of hydrogen-bond acceptors (Lipinski definition) is 13. The van der Waals surface area contributed by atoms with Gasteiger partial charge in [-0.2, -0.15) is 0 Å². The molecule has 1 saturated carbocycles. The summed E-state index contributed by atoms with van der Waals surface area (Å²) in [5, 5.41) is 33.8. The van der Waals surface area contributed by atoms with E-state index in [0.29, 0.717) is 63.4 Å². The Morgan fingerprint density at radius 3 is 2.25 bits per heavy atom. The van der Waals surface area contributed by atoms with Gasteiger partial charge in [0.25, 0.3) is 11.7 Å². The van der Waals surface area contributed by atoms with Gasteiger partial charge in [-0.15, -0.1) is 0 Å². The van der Waals surface area contributed by atoms with E-state index >= 15 is 0 Å². The molecule has 15 atom stereocenters. The second-order valence-electron chi connectivity index (χ2n) is 19.6. The second-order valence-corrected chi connectivity index (χ2v) is 19.6. The Morgan fingerprint density at radius 2 is 1.57 bits per heavy atom. The minimum absolute atomic E-state index is 0.0193. The summed E-state index contributed by atoms with van der Waals surface area (Å²) in [7, 11) is 4.52. The number of piperidine rings is 1. The number of ketones is 3. The van der Waals surface area contributed by atoms with Crippen molar-refractivity contribution in [3.05, 3.63) is 47.6 Å². The Balaban J connectivity index is 1.70. The number of cyclic esters (lactones) is 1. The molecule has 0 aromatic heterocycles. The van der Waals surface area contributed by atoms with Crippen molar-refractivity contribution in [2.24, 2.45) is 35.5 Å². The van der Waals surface area contributed by atoms with Crippen LogP contribution in [0.4, 0.5) is 0 Å². The minimum atomic E-state index is -2.43. The monoisotopic (exact) mass is 914 g/mol. The van der Waals surface area contributed by atoms with Gasteiger partial charge in [-0.25, -0.2) is 4.79 Å². The molecule has 3 N–H and O–H groups in total. The molecule has 3 aliphatic heterocycles. The molecule has 366 valence electrons. The maximum atomic E-state index is 14.4. The van der Waals surface area contributed by atoms with Crippen LogP contribution >= 0.6 is 0 Å². The maximum Gasteiger partial charge on any atom is 0.329 e. The van der Waals surface area contributed by atoms with Crippen LogP contribution in [0.15, 0.2) is 47.6 Å². The fourth-order valence-corrected chi connectivity index (χ4v) is 10.1. The van der Waals surface area contributed by atoms with Gasteiger partial charge in [0.1, 0.15) is 30.1 Å². The minimum Gasteiger partial charge on any atom is -0.460 e. The highest BCUT2D eigenvalue weighted by Gasteiger charge is 2.53. The number of esters is 1. The predicted molar refractivity (Wildman–Crippen MR) is 245 cm³/mol. The van der Waals surface area contributed by atoms with Crippen LogP contribution in [0.1, 0.15) is 126 Å². The summed E-state index contributed by atoms with van der Waals surface area (Å²) in [5.74, 6) is -7.96. The van der Waals surface area contributed by atoms with Crippen molar-refractivity contribution < 1.29 is 63.0 Å². The molecule has 2 bridgehead atoms. The molecule has 1 amide bonds. The average molecular weight is 914 g/mol. The van der Waals surface area contributed by atoms with Crippen molar-refractivity contribution in [3.63, 3.8) is 0 Å². The number of hydrogen-bond donors (Lipinski definition) is 3. The lowest BCUT2D eigenvalue weighted by atomic mass is 9.78. The molecule has 3 fully saturated rings. The maximum absolute atomic E-state index is 14.4. The summed E-state index contributed by atoms with van der Waals surface area (Å²) in [6, 6.07) is -1.14. The van der Waals surface area contributed by atoms with E-state index < -0.39 is 83.9 Å². The zero-order valence-corrected chi connectivity index (χ0v) is 40.6. The molecule has 2 unspecified atom stereocenters. The Labute approximate surface area is 387 Å². The van der Waals surface area contributed by atoms with Gasteiger partial charge < -0.3 is 43.9 Å². The van der Waals surface area contributed by atoms with E-state index in [2.05, 4.69) is 0 Å². The van der Waals surface area contributed by atoms with E-state index in [0.717, 1.165) is 12.0 Å². The van der Waals surface area contributed by atoms with Crippen LogP contribution in [0, 0.1) is 35.5 Å². The summed E-state index contributed by atoms with van der Waals surface area (Å²) >= 11 is 0. The third-order valence-corrected chi connectivity index (χ3v) is 14.5. The normalized spacial score (nSPS) is 40.4. The molecule has 0 aromatic rings. The third-order valence-electron chi connectivity index (χ3n) is 14.5. The first-order valence-corrected chi connectivity index (χ1v) is 23.9. The molecule has 3 heterocycles.